The summed E-state index contributed by atoms with van der Waals surface area (Å²) in [5.74, 6) is 0.590. The second kappa shape index (κ2) is 2.86. The van der Waals surface area contributed by atoms with Gasteiger partial charge in [0.1, 0.15) is 0 Å². The van der Waals surface area contributed by atoms with Gasteiger partial charge in [-0.05, 0) is 25.7 Å². The Kier molecular flexibility index (Phi) is 2.93. The molecule has 0 unspecified atom stereocenters. The smallest absolute Gasteiger partial charge is 0.0611 e. The zero-order valence-electron chi connectivity index (χ0n) is 5.63. The molecule has 1 atom stereocenters. The molecule has 0 heterocycles. The Balaban J connectivity index is 0.000000640. The van der Waals surface area contributed by atoms with E-state index >= 15 is 0 Å². The fourth-order valence-electron chi connectivity index (χ4n) is 0.872. The molecule has 0 aromatic carbocycles. The lowest BCUT2D eigenvalue weighted by molar-refractivity contribution is 0.191. The summed E-state index contributed by atoms with van der Waals surface area (Å²) in [7, 11) is 0. The summed E-state index contributed by atoms with van der Waals surface area (Å²) in [5, 5.41) is 8.68. The lowest BCUT2D eigenvalue weighted by Crippen LogP contribution is -2.42. The van der Waals surface area contributed by atoms with Crippen molar-refractivity contribution in [2.45, 2.75) is 25.3 Å². The molecule has 1 aliphatic rings. The molecule has 56 valence electrons. The molecule has 1 rings (SSSR count). The Labute approximate surface area is 61.8 Å². The van der Waals surface area contributed by atoms with E-state index in [9.17, 15) is 0 Å². The highest BCUT2D eigenvalue weighted by Crippen LogP contribution is 2.37. The van der Waals surface area contributed by atoms with Crippen LogP contribution in [0.15, 0.2) is 0 Å². The Morgan fingerprint density at radius 3 is 2.22 bits per heavy atom. The molecule has 0 aromatic rings. The van der Waals surface area contributed by atoms with Crippen molar-refractivity contribution in [1.82, 2.24) is 0 Å². The normalized spacial score (nSPS) is 24.3. The fourth-order valence-corrected chi connectivity index (χ4v) is 0.872. The number of hydrogen-bond donors (Lipinski definition) is 2. The van der Waals surface area contributed by atoms with Crippen molar-refractivity contribution in [3.05, 3.63) is 0 Å². The molecule has 3 heteroatoms. The van der Waals surface area contributed by atoms with Crippen molar-refractivity contribution in [3.63, 3.8) is 0 Å². The van der Waals surface area contributed by atoms with Gasteiger partial charge in [-0.3, -0.25) is 0 Å². The van der Waals surface area contributed by atoms with Crippen LogP contribution >= 0.6 is 12.4 Å². The van der Waals surface area contributed by atoms with Gasteiger partial charge in [-0.15, -0.1) is 12.4 Å². The molecule has 0 spiro atoms. The van der Waals surface area contributed by atoms with Crippen LogP contribution in [0.5, 0.6) is 0 Å². The molecule has 0 amide bonds. The van der Waals surface area contributed by atoms with Gasteiger partial charge in [0.25, 0.3) is 0 Å². The van der Waals surface area contributed by atoms with Crippen molar-refractivity contribution >= 4 is 12.4 Å². The number of aliphatic hydroxyl groups is 1. The molecule has 0 aromatic heterocycles. The first-order valence-electron chi connectivity index (χ1n) is 3.06. The standard InChI is InChI=1S/C6H13NO.ClH/c1-6(7,4-8)5-2-3-5;/h5,8H,2-4,7H2,1H3;1H/t6-;/m0./s1. The van der Waals surface area contributed by atoms with Gasteiger partial charge in [0.15, 0.2) is 0 Å². The minimum atomic E-state index is -0.292. The van der Waals surface area contributed by atoms with E-state index in [0.29, 0.717) is 5.92 Å². The molecule has 0 aliphatic heterocycles. The highest BCUT2D eigenvalue weighted by atomic mass is 35.5. The fraction of sp³-hybridized carbons (Fsp3) is 1.00. The molecule has 1 fully saturated rings. The zero-order valence-corrected chi connectivity index (χ0v) is 6.45. The summed E-state index contributed by atoms with van der Waals surface area (Å²) in [6.07, 6.45) is 2.40. The first kappa shape index (κ1) is 9.21. The first-order valence-corrected chi connectivity index (χ1v) is 3.06. The van der Waals surface area contributed by atoms with Crippen molar-refractivity contribution in [3.8, 4) is 0 Å². The minimum absolute atomic E-state index is 0. The number of halogens is 1. The third-order valence-electron chi connectivity index (χ3n) is 1.85. The molecule has 0 bridgehead atoms. The maximum atomic E-state index is 8.68. The maximum Gasteiger partial charge on any atom is 0.0611 e. The van der Waals surface area contributed by atoms with E-state index in [0.717, 1.165) is 0 Å². The molecule has 0 radical (unpaired) electrons. The van der Waals surface area contributed by atoms with Crippen LogP contribution in [0, 0.1) is 5.92 Å². The number of rotatable bonds is 2. The lowest BCUT2D eigenvalue weighted by Gasteiger charge is -2.20. The van der Waals surface area contributed by atoms with Crippen molar-refractivity contribution in [1.29, 1.82) is 0 Å². The van der Waals surface area contributed by atoms with E-state index in [4.69, 9.17) is 10.8 Å². The average molecular weight is 152 g/mol. The van der Waals surface area contributed by atoms with E-state index < -0.39 is 0 Å². The van der Waals surface area contributed by atoms with Crippen LogP contribution in [0.2, 0.25) is 0 Å². The summed E-state index contributed by atoms with van der Waals surface area (Å²) in [6, 6.07) is 0. The molecule has 1 saturated carbocycles. The van der Waals surface area contributed by atoms with Gasteiger partial charge < -0.3 is 10.8 Å². The van der Waals surface area contributed by atoms with Gasteiger partial charge in [0.2, 0.25) is 0 Å². The summed E-state index contributed by atoms with van der Waals surface area (Å²) >= 11 is 0. The van der Waals surface area contributed by atoms with Gasteiger partial charge in [-0.2, -0.15) is 0 Å². The van der Waals surface area contributed by atoms with Crippen LogP contribution in [-0.2, 0) is 0 Å². The maximum absolute atomic E-state index is 8.68. The zero-order chi connectivity index (χ0) is 6.20. The minimum Gasteiger partial charge on any atom is -0.394 e. The van der Waals surface area contributed by atoms with Gasteiger partial charge in [0, 0.05) is 5.54 Å². The van der Waals surface area contributed by atoms with Crippen molar-refractivity contribution in [2.24, 2.45) is 11.7 Å². The quantitative estimate of drug-likeness (QED) is 0.605. The van der Waals surface area contributed by atoms with Crippen LogP contribution < -0.4 is 5.73 Å². The second-order valence-electron chi connectivity index (χ2n) is 2.94. The Morgan fingerprint density at radius 2 is 2.11 bits per heavy atom. The van der Waals surface area contributed by atoms with Gasteiger partial charge in [0.05, 0.1) is 6.61 Å². The third kappa shape index (κ3) is 2.12. The van der Waals surface area contributed by atoms with E-state index in [1.807, 2.05) is 6.92 Å². The topological polar surface area (TPSA) is 46.2 Å². The number of hydrogen-bond acceptors (Lipinski definition) is 2. The number of aliphatic hydroxyl groups excluding tert-OH is 1. The predicted octanol–water partition coefficient (Wildman–Crippen LogP) is 0.528. The average Bonchev–Trinajstić information content (AvgIpc) is 2.44. The Bertz CT molecular complexity index is 91.1. The van der Waals surface area contributed by atoms with Gasteiger partial charge >= 0.3 is 0 Å². The van der Waals surface area contributed by atoms with Crippen LogP contribution in [0.1, 0.15) is 19.8 Å². The predicted molar refractivity (Wildman–Crippen MR) is 39.7 cm³/mol. The second-order valence-corrected chi connectivity index (χ2v) is 2.94. The van der Waals surface area contributed by atoms with E-state index in [2.05, 4.69) is 0 Å². The third-order valence-corrected chi connectivity index (χ3v) is 1.85. The Hall–Kier alpha value is 0.210. The van der Waals surface area contributed by atoms with E-state index in [1.165, 1.54) is 12.8 Å². The van der Waals surface area contributed by atoms with Crippen molar-refractivity contribution < 1.29 is 5.11 Å². The monoisotopic (exact) mass is 151 g/mol. The summed E-state index contributed by atoms with van der Waals surface area (Å²) in [6.45, 7) is 2.03. The molecular weight excluding hydrogens is 138 g/mol. The summed E-state index contributed by atoms with van der Waals surface area (Å²) in [5.41, 5.74) is 5.38. The summed E-state index contributed by atoms with van der Waals surface area (Å²) in [4.78, 5) is 0. The van der Waals surface area contributed by atoms with E-state index in [1.54, 1.807) is 0 Å². The molecular formula is C6H14ClNO. The van der Waals surface area contributed by atoms with Crippen LogP contribution in [0.3, 0.4) is 0 Å². The number of nitrogens with two attached hydrogens (primary N) is 1. The molecule has 1 aliphatic carbocycles. The molecule has 2 nitrogen and oxygen atoms in total. The van der Waals surface area contributed by atoms with E-state index in [-0.39, 0.29) is 24.6 Å². The van der Waals surface area contributed by atoms with Crippen molar-refractivity contribution in [2.75, 3.05) is 6.61 Å². The highest BCUT2D eigenvalue weighted by Gasteiger charge is 2.37. The molecule has 3 N–H and O–H groups in total. The van der Waals surface area contributed by atoms with Crippen LogP contribution in [0.25, 0.3) is 0 Å². The van der Waals surface area contributed by atoms with Gasteiger partial charge in [-0.1, -0.05) is 0 Å². The Morgan fingerprint density at radius 1 is 1.67 bits per heavy atom. The van der Waals surface area contributed by atoms with Crippen LogP contribution in [0.4, 0.5) is 0 Å². The SMILES string of the molecule is C[C@](N)(CO)C1CC1.Cl. The lowest BCUT2D eigenvalue weighted by atomic mass is 9.99. The molecule has 0 saturated heterocycles. The summed E-state index contributed by atoms with van der Waals surface area (Å²) < 4.78 is 0. The largest absolute Gasteiger partial charge is 0.394 e. The van der Waals surface area contributed by atoms with Gasteiger partial charge in [-0.25, -0.2) is 0 Å². The van der Waals surface area contributed by atoms with Crippen LogP contribution in [-0.4, -0.2) is 17.3 Å². The molecule has 9 heavy (non-hydrogen) atoms. The first-order chi connectivity index (χ1) is 3.67. The highest BCUT2D eigenvalue weighted by molar-refractivity contribution is 5.85.